The molecule has 23 heteroatoms. The van der Waals surface area contributed by atoms with E-state index >= 15 is 0 Å². The molecule has 0 amide bonds. The third kappa shape index (κ3) is 31.0. The van der Waals surface area contributed by atoms with Gasteiger partial charge in [0.05, 0.1) is 6.42 Å². The van der Waals surface area contributed by atoms with Crippen LogP contribution in [0.2, 0.25) is 0 Å². The van der Waals surface area contributed by atoms with Gasteiger partial charge >= 0.3 is 83.6 Å². The Labute approximate surface area is 333 Å². The molecule has 59 heavy (non-hydrogen) atoms. The number of aliphatic hydroxyl groups is 1. The van der Waals surface area contributed by atoms with E-state index in [0.29, 0.717) is 24.3 Å². The highest BCUT2D eigenvalue weighted by Crippen LogP contribution is 2.08. The predicted molar refractivity (Wildman–Crippen MR) is 185 cm³/mol. The van der Waals surface area contributed by atoms with Gasteiger partial charge in [-0.3, -0.25) is 43.2 Å². The van der Waals surface area contributed by atoms with E-state index in [-0.39, 0.29) is 83.5 Å². The Hall–Kier alpha value is -6.78. The lowest BCUT2D eigenvalue weighted by molar-refractivity contribution is -0.171. The minimum absolute atomic E-state index is 0.0326. The van der Waals surface area contributed by atoms with Crippen LogP contribution in [0.1, 0.15) is 109 Å². The lowest BCUT2D eigenvalue weighted by Gasteiger charge is -2.09. The van der Waals surface area contributed by atoms with Crippen LogP contribution < -0.4 is 0 Å². The third-order valence-corrected chi connectivity index (χ3v) is 6.71. The Bertz CT molecular complexity index is 1650. The number of carbonyl (C=O) groups excluding carboxylic acids is 12. The van der Waals surface area contributed by atoms with Crippen LogP contribution in [0.3, 0.4) is 0 Å². The van der Waals surface area contributed by atoms with Crippen molar-refractivity contribution in [2.75, 3.05) is 0 Å². The Balaban J connectivity index is 4.22. The molecule has 0 bridgehead atoms. The van der Waals surface area contributed by atoms with Crippen LogP contribution in [0.4, 0.5) is 0 Å². The van der Waals surface area contributed by atoms with E-state index < -0.39 is 115 Å². The van der Waals surface area contributed by atoms with Crippen LogP contribution in [-0.2, 0) is 95.5 Å². The molecule has 1 atom stereocenters. The van der Waals surface area contributed by atoms with E-state index in [4.69, 9.17) is 10.2 Å². The van der Waals surface area contributed by atoms with Gasteiger partial charge in [-0.25, -0.2) is 24.0 Å². The average molecular weight is 843 g/mol. The third-order valence-electron chi connectivity index (χ3n) is 6.71. The highest BCUT2D eigenvalue weighted by Gasteiger charge is 2.25. The number of carboxylic acids is 2. The maximum atomic E-state index is 11.9. The average Bonchev–Trinajstić information content (AvgIpc) is 3.13. The normalized spacial score (nSPS) is 11.1. The molecule has 0 saturated carbocycles. The molecule has 0 aliphatic heterocycles. The van der Waals surface area contributed by atoms with Crippen molar-refractivity contribution in [3.63, 3.8) is 0 Å². The highest BCUT2D eigenvalue weighted by molar-refractivity contribution is 6.00. The van der Waals surface area contributed by atoms with Gasteiger partial charge in [-0.2, -0.15) is 0 Å². The molecule has 23 nitrogen and oxygen atoms in total. The van der Waals surface area contributed by atoms with Gasteiger partial charge in [0.1, 0.15) is 0 Å². The maximum absolute atomic E-state index is 11.9. The van der Waals surface area contributed by atoms with Crippen LogP contribution in [-0.4, -0.2) is 105 Å². The van der Waals surface area contributed by atoms with Crippen molar-refractivity contribution in [1.82, 2.24) is 0 Å². The second kappa shape index (κ2) is 30.4. The topological polar surface area (TPSA) is 355 Å². The van der Waals surface area contributed by atoms with Crippen molar-refractivity contribution < 1.29 is 111 Å². The van der Waals surface area contributed by atoms with Gasteiger partial charge in [0, 0.05) is 75.7 Å². The van der Waals surface area contributed by atoms with E-state index in [1.54, 1.807) is 0 Å². The largest absolute Gasteiger partial charge is 0.481 e. The summed E-state index contributed by atoms with van der Waals surface area (Å²) in [7, 11) is 0. The van der Waals surface area contributed by atoms with E-state index in [9.17, 15) is 72.2 Å². The van der Waals surface area contributed by atoms with E-state index in [1.807, 2.05) is 0 Å². The molecule has 0 aromatic rings. The van der Waals surface area contributed by atoms with Gasteiger partial charge in [0.15, 0.2) is 6.10 Å². The Morgan fingerprint density at radius 2 is 0.576 bits per heavy atom. The smallest absolute Gasteiger partial charge is 0.343 e. The van der Waals surface area contributed by atoms with Gasteiger partial charge in [-0.15, -0.1) is 0 Å². The number of carbonyl (C=O) groups is 14. The van der Waals surface area contributed by atoms with Crippen LogP contribution in [0.15, 0.2) is 24.3 Å². The number of ether oxygens (including phenoxy) is 6. The number of esters is 12. The van der Waals surface area contributed by atoms with Crippen molar-refractivity contribution in [2.45, 2.75) is 115 Å². The van der Waals surface area contributed by atoms with Crippen molar-refractivity contribution >= 4 is 83.6 Å². The summed E-state index contributed by atoms with van der Waals surface area (Å²) in [5, 5.41) is 26.9. The monoisotopic (exact) mass is 842 g/mol. The first kappa shape index (κ1) is 52.2. The summed E-state index contributed by atoms with van der Waals surface area (Å²) in [5.74, 6) is -16.3. The molecule has 3 N–H and O–H groups in total. The number of unbranched alkanes of at least 4 members (excludes halogenated alkanes) is 4. The second-order valence-corrected chi connectivity index (χ2v) is 11.8. The standard InChI is InChI=1S/C36H42O23/c37-22(36(53)59-30(47)16-8-7-14-28(45)57-34(51)20-18-32(49)55-26(43)12-4-2-10-24(40)41)21-35(52)58-29(46)15-6-5-13-27(44)56-33(50)19-17-31(48)54-25(42)11-3-1-9-23(38)39/h17-20,22,37H,1-16,21H2,(H,38,39)(H,40,41)/b19-17-,20-18-. The number of aliphatic carboxylic acids is 2. The summed E-state index contributed by atoms with van der Waals surface area (Å²) in [4.78, 5) is 161. The first-order chi connectivity index (χ1) is 27.8. The minimum Gasteiger partial charge on any atom is -0.481 e. The maximum Gasteiger partial charge on any atom is 0.343 e. The number of rotatable bonds is 27. The van der Waals surface area contributed by atoms with Crippen LogP contribution in [0, 0.1) is 0 Å². The van der Waals surface area contributed by atoms with Gasteiger partial charge < -0.3 is 43.7 Å². The molecule has 0 rings (SSSR count). The minimum atomic E-state index is -2.20. The van der Waals surface area contributed by atoms with E-state index in [2.05, 4.69) is 28.4 Å². The summed E-state index contributed by atoms with van der Waals surface area (Å²) >= 11 is 0. The molecule has 0 aromatic heterocycles. The van der Waals surface area contributed by atoms with Crippen molar-refractivity contribution in [1.29, 1.82) is 0 Å². The number of hydrogen-bond acceptors (Lipinski definition) is 21. The predicted octanol–water partition coefficient (Wildman–Crippen LogP) is 0.679. The fraction of sp³-hybridized carbons (Fsp3) is 0.500. The zero-order valence-corrected chi connectivity index (χ0v) is 31.4. The molecule has 324 valence electrons. The number of aliphatic hydroxyl groups excluding tert-OH is 1. The highest BCUT2D eigenvalue weighted by atomic mass is 16.6. The van der Waals surface area contributed by atoms with Gasteiger partial charge in [-0.05, 0) is 51.4 Å². The summed E-state index contributed by atoms with van der Waals surface area (Å²) in [5.41, 5.74) is 0. The molecule has 0 aliphatic rings. The number of carboxylic acid groups (broad SMARTS) is 2. The zero-order chi connectivity index (χ0) is 44.8. The fourth-order valence-electron chi connectivity index (χ4n) is 3.92. The van der Waals surface area contributed by atoms with Gasteiger partial charge in [-0.1, -0.05) is 0 Å². The molecule has 0 heterocycles. The molecule has 0 fully saturated rings. The Morgan fingerprint density at radius 3 is 0.847 bits per heavy atom. The first-order valence-electron chi connectivity index (χ1n) is 17.7. The van der Waals surface area contributed by atoms with Gasteiger partial charge in [0.25, 0.3) is 0 Å². The van der Waals surface area contributed by atoms with E-state index in [1.165, 1.54) is 0 Å². The van der Waals surface area contributed by atoms with Crippen molar-refractivity contribution in [2.24, 2.45) is 0 Å². The summed E-state index contributed by atoms with van der Waals surface area (Å²) < 4.78 is 26.4. The van der Waals surface area contributed by atoms with Crippen LogP contribution in [0.25, 0.3) is 0 Å². The molecule has 0 radical (unpaired) electrons. The van der Waals surface area contributed by atoms with Crippen molar-refractivity contribution in [3.8, 4) is 0 Å². The van der Waals surface area contributed by atoms with Crippen LogP contribution in [0.5, 0.6) is 0 Å². The second-order valence-electron chi connectivity index (χ2n) is 11.8. The number of hydrogen-bond donors (Lipinski definition) is 3. The molecule has 0 aromatic carbocycles. The first-order valence-corrected chi connectivity index (χ1v) is 17.7. The van der Waals surface area contributed by atoms with E-state index in [0.717, 1.165) is 0 Å². The quantitative estimate of drug-likeness (QED) is 0.0336. The Morgan fingerprint density at radius 1 is 0.339 bits per heavy atom. The lowest BCUT2D eigenvalue weighted by atomic mass is 10.2. The summed E-state index contributed by atoms with van der Waals surface area (Å²) in [6.07, 6.45) is -3.15. The molecule has 0 saturated heterocycles. The molecule has 0 aliphatic carbocycles. The van der Waals surface area contributed by atoms with Crippen LogP contribution >= 0.6 is 0 Å². The molecule has 0 spiro atoms. The lowest BCUT2D eigenvalue weighted by Crippen LogP contribution is -2.29. The van der Waals surface area contributed by atoms with Gasteiger partial charge in [0.2, 0.25) is 0 Å². The summed E-state index contributed by atoms with van der Waals surface area (Å²) in [6, 6.07) is 0. The van der Waals surface area contributed by atoms with Crippen molar-refractivity contribution in [3.05, 3.63) is 24.3 Å². The fourth-order valence-corrected chi connectivity index (χ4v) is 3.92. The summed E-state index contributed by atoms with van der Waals surface area (Å²) in [6.45, 7) is 0. The zero-order valence-electron chi connectivity index (χ0n) is 31.4. The molecular formula is C36H42O23. The SMILES string of the molecule is O=C(O)CCCCC(=O)OC(=O)/C=C\C(=O)OC(=O)CCCCC(=O)OC(=O)CC(O)C(=O)OC(=O)CCCCC(=O)OC(=O)/C=C\C(=O)OC(=O)CCCCC(=O)O. The molecular weight excluding hydrogens is 800 g/mol. The Kier molecular flexibility index (Phi) is 26.9. The molecule has 1 unspecified atom stereocenters.